The van der Waals surface area contributed by atoms with Gasteiger partial charge in [-0.3, -0.25) is 4.79 Å². The SMILES string of the molecule is [CH2]CC(=O)Nc1ccccc1Cl. The van der Waals surface area contributed by atoms with Crippen LogP contribution in [0.4, 0.5) is 5.69 Å². The first kappa shape index (κ1) is 9.07. The summed E-state index contributed by atoms with van der Waals surface area (Å²) < 4.78 is 0. The van der Waals surface area contributed by atoms with Crippen LogP contribution in [0.25, 0.3) is 0 Å². The standard InChI is InChI=1S/C9H9ClNO/c1-2-9(12)11-8-6-4-3-5-7(8)10/h3-6H,1-2H2,(H,11,12). The van der Waals surface area contributed by atoms with E-state index in [4.69, 9.17) is 11.6 Å². The second-order valence-electron chi connectivity index (χ2n) is 2.28. The molecular formula is C9H9ClNO. The minimum atomic E-state index is -0.136. The Hall–Kier alpha value is -1.02. The molecule has 0 saturated carbocycles. The van der Waals surface area contributed by atoms with Crippen LogP contribution in [-0.4, -0.2) is 5.91 Å². The topological polar surface area (TPSA) is 29.1 Å². The van der Waals surface area contributed by atoms with Gasteiger partial charge in [-0.1, -0.05) is 23.7 Å². The number of benzene rings is 1. The molecule has 0 heterocycles. The number of anilines is 1. The molecule has 3 heteroatoms. The fourth-order valence-corrected chi connectivity index (χ4v) is 0.958. The molecule has 1 radical (unpaired) electrons. The Bertz CT molecular complexity index is 286. The van der Waals surface area contributed by atoms with Gasteiger partial charge in [0.05, 0.1) is 10.7 Å². The molecule has 0 unspecified atom stereocenters. The maximum absolute atomic E-state index is 10.9. The summed E-state index contributed by atoms with van der Waals surface area (Å²) in [7, 11) is 0. The van der Waals surface area contributed by atoms with Crippen molar-refractivity contribution in [3.8, 4) is 0 Å². The zero-order chi connectivity index (χ0) is 8.97. The van der Waals surface area contributed by atoms with Crippen molar-refractivity contribution in [1.82, 2.24) is 0 Å². The van der Waals surface area contributed by atoms with Crippen molar-refractivity contribution >= 4 is 23.2 Å². The van der Waals surface area contributed by atoms with E-state index >= 15 is 0 Å². The fraction of sp³-hybridized carbons (Fsp3) is 0.111. The van der Waals surface area contributed by atoms with Crippen LogP contribution in [0, 0.1) is 6.92 Å². The quantitative estimate of drug-likeness (QED) is 0.748. The third-order valence-electron chi connectivity index (χ3n) is 1.38. The molecule has 63 valence electrons. The zero-order valence-corrected chi connectivity index (χ0v) is 7.27. The molecule has 0 fully saturated rings. The Balaban J connectivity index is 2.75. The summed E-state index contributed by atoms with van der Waals surface area (Å²) >= 11 is 5.79. The van der Waals surface area contributed by atoms with E-state index in [9.17, 15) is 4.79 Å². The number of halogens is 1. The molecule has 0 spiro atoms. The van der Waals surface area contributed by atoms with E-state index in [1.807, 2.05) is 12.1 Å². The molecular weight excluding hydrogens is 174 g/mol. The number of nitrogens with one attached hydrogen (secondary N) is 1. The normalized spacial score (nSPS) is 9.50. The molecule has 1 aromatic carbocycles. The van der Waals surface area contributed by atoms with E-state index in [-0.39, 0.29) is 12.3 Å². The molecule has 0 aliphatic heterocycles. The summed E-state index contributed by atoms with van der Waals surface area (Å²) in [6, 6.07) is 7.09. The minimum absolute atomic E-state index is 0.136. The lowest BCUT2D eigenvalue weighted by Crippen LogP contribution is -2.09. The summed E-state index contributed by atoms with van der Waals surface area (Å²) in [5, 5.41) is 3.17. The molecule has 0 aliphatic carbocycles. The van der Waals surface area contributed by atoms with Crippen molar-refractivity contribution in [2.24, 2.45) is 0 Å². The maximum atomic E-state index is 10.9. The van der Waals surface area contributed by atoms with Gasteiger partial charge >= 0.3 is 0 Å². The zero-order valence-electron chi connectivity index (χ0n) is 6.51. The van der Waals surface area contributed by atoms with Crippen LogP contribution in [-0.2, 0) is 4.79 Å². The van der Waals surface area contributed by atoms with Crippen molar-refractivity contribution < 1.29 is 4.79 Å². The lowest BCUT2D eigenvalue weighted by Gasteiger charge is -2.04. The molecule has 0 aliphatic rings. The van der Waals surface area contributed by atoms with E-state index in [1.54, 1.807) is 12.1 Å². The van der Waals surface area contributed by atoms with Crippen molar-refractivity contribution in [2.75, 3.05) is 5.32 Å². The van der Waals surface area contributed by atoms with Gasteiger partial charge in [0.2, 0.25) is 5.91 Å². The monoisotopic (exact) mass is 182 g/mol. The molecule has 1 amide bonds. The third-order valence-corrected chi connectivity index (χ3v) is 1.70. The highest BCUT2D eigenvalue weighted by molar-refractivity contribution is 6.33. The molecule has 1 aromatic rings. The summed E-state index contributed by atoms with van der Waals surface area (Å²) in [6.07, 6.45) is 0.214. The highest BCUT2D eigenvalue weighted by Crippen LogP contribution is 2.20. The van der Waals surface area contributed by atoms with Gasteiger partial charge < -0.3 is 5.32 Å². The molecule has 0 saturated heterocycles. The van der Waals surface area contributed by atoms with Gasteiger partial charge in [-0.2, -0.15) is 0 Å². The van der Waals surface area contributed by atoms with Crippen molar-refractivity contribution in [2.45, 2.75) is 6.42 Å². The summed E-state index contributed by atoms with van der Waals surface area (Å²) in [4.78, 5) is 10.9. The van der Waals surface area contributed by atoms with Gasteiger partial charge in [0.15, 0.2) is 0 Å². The van der Waals surface area contributed by atoms with Gasteiger partial charge in [0.1, 0.15) is 0 Å². The van der Waals surface area contributed by atoms with Crippen molar-refractivity contribution in [3.63, 3.8) is 0 Å². The Kier molecular flexibility index (Phi) is 3.11. The molecule has 1 N–H and O–H groups in total. The van der Waals surface area contributed by atoms with Crippen LogP contribution < -0.4 is 5.32 Å². The first-order valence-electron chi connectivity index (χ1n) is 3.57. The Morgan fingerprint density at radius 1 is 1.50 bits per heavy atom. The number of amides is 1. The predicted octanol–water partition coefficient (Wildman–Crippen LogP) is 2.50. The van der Waals surface area contributed by atoms with Gasteiger partial charge in [0, 0.05) is 6.42 Å². The number of carbonyl (C=O) groups is 1. The Morgan fingerprint density at radius 3 is 2.75 bits per heavy atom. The van der Waals surface area contributed by atoms with E-state index in [0.717, 1.165) is 0 Å². The second-order valence-corrected chi connectivity index (χ2v) is 2.69. The minimum Gasteiger partial charge on any atom is -0.325 e. The average molecular weight is 183 g/mol. The summed E-state index contributed by atoms with van der Waals surface area (Å²) in [6.45, 7) is 3.46. The van der Waals surface area contributed by atoms with E-state index in [2.05, 4.69) is 12.2 Å². The smallest absolute Gasteiger partial charge is 0.224 e. The number of para-hydroxylation sites is 1. The molecule has 12 heavy (non-hydrogen) atoms. The summed E-state index contributed by atoms with van der Waals surface area (Å²) in [5.41, 5.74) is 0.632. The Labute approximate surface area is 76.5 Å². The van der Waals surface area contributed by atoms with Crippen LogP contribution in [0.15, 0.2) is 24.3 Å². The predicted molar refractivity (Wildman–Crippen MR) is 50.1 cm³/mol. The molecule has 0 bridgehead atoms. The van der Waals surface area contributed by atoms with Gasteiger partial charge in [-0.05, 0) is 19.1 Å². The van der Waals surface area contributed by atoms with Gasteiger partial charge in [-0.25, -0.2) is 0 Å². The first-order chi connectivity index (χ1) is 5.74. The van der Waals surface area contributed by atoms with Crippen molar-refractivity contribution in [3.05, 3.63) is 36.2 Å². The second kappa shape index (κ2) is 4.12. The molecule has 1 rings (SSSR count). The highest BCUT2D eigenvalue weighted by atomic mass is 35.5. The fourth-order valence-electron chi connectivity index (χ4n) is 0.775. The van der Waals surface area contributed by atoms with Crippen LogP contribution in [0.5, 0.6) is 0 Å². The Morgan fingerprint density at radius 2 is 2.17 bits per heavy atom. The van der Waals surface area contributed by atoms with E-state index in [1.165, 1.54) is 0 Å². The maximum Gasteiger partial charge on any atom is 0.224 e. The molecule has 0 aromatic heterocycles. The number of hydrogen-bond donors (Lipinski definition) is 1. The number of carbonyl (C=O) groups excluding carboxylic acids is 1. The van der Waals surface area contributed by atoms with E-state index in [0.29, 0.717) is 10.7 Å². The van der Waals surface area contributed by atoms with Crippen LogP contribution in [0.3, 0.4) is 0 Å². The van der Waals surface area contributed by atoms with Crippen LogP contribution >= 0.6 is 11.6 Å². The average Bonchev–Trinajstić information content (AvgIpc) is 2.09. The lowest BCUT2D eigenvalue weighted by molar-refractivity contribution is -0.115. The largest absolute Gasteiger partial charge is 0.325 e. The number of hydrogen-bond acceptors (Lipinski definition) is 1. The van der Waals surface area contributed by atoms with Crippen LogP contribution in [0.2, 0.25) is 5.02 Å². The lowest BCUT2D eigenvalue weighted by atomic mass is 10.3. The van der Waals surface area contributed by atoms with E-state index < -0.39 is 0 Å². The van der Waals surface area contributed by atoms with Crippen molar-refractivity contribution in [1.29, 1.82) is 0 Å². The molecule has 2 nitrogen and oxygen atoms in total. The van der Waals surface area contributed by atoms with Crippen LogP contribution in [0.1, 0.15) is 6.42 Å². The summed E-state index contributed by atoms with van der Waals surface area (Å²) in [5.74, 6) is -0.136. The van der Waals surface area contributed by atoms with Gasteiger partial charge in [-0.15, -0.1) is 0 Å². The first-order valence-corrected chi connectivity index (χ1v) is 3.95. The highest BCUT2D eigenvalue weighted by Gasteiger charge is 2.01. The molecule has 0 atom stereocenters. The third kappa shape index (κ3) is 2.24. The van der Waals surface area contributed by atoms with Gasteiger partial charge in [0.25, 0.3) is 0 Å². The number of rotatable bonds is 2.